The lowest BCUT2D eigenvalue weighted by Crippen LogP contribution is -2.13. The Bertz CT molecular complexity index is 393. The Labute approximate surface area is 114 Å². The molecule has 0 aromatic heterocycles. The van der Waals surface area contributed by atoms with Crippen molar-refractivity contribution >= 4 is 11.6 Å². The average Bonchev–Trinajstić information content (AvgIpc) is 2.37. The standard InChI is InChI=1S/C14H20ClNO2/c1-4-7-16-9-12-5-6-13(14(8-12)17-3)18-10-11(2)15/h5-6,8,16H,2,4,7,9-10H2,1,3H3. The first-order valence-electron chi connectivity index (χ1n) is 6.01. The SMILES string of the molecule is C=C(Cl)COc1ccc(CNCCC)cc1OC. The molecule has 1 aromatic carbocycles. The lowest BCUT2D eigenvalue weighted by Gasteiger charge is -2.12. The lowest BCUT2D eigenvalue weighted by molar-refractivity contribution is 0.324. The zero-order chi connectivity index (χ0) is 13.4. The van der Waals surface area contributed by atoms with E-state index in [0.29, 0.717) is 16.5 Å². The fourth-order valence-corrected chi connectivity index (χ4v) is 1.56. The summed E-state index contributed by atoms with van der Waals surface area (Å²) in [6.07, 6.45) is 1.12. The summed E-state index contributed by atoms with van der Waals surface area (Å²) in [6.45, 7) is 7.84. The third-order valence-corrected chi connectivity index (χ3v) is 2.48. The number of hydrogen-bond acceptors (Lipinski definition) is 3. The van der Waals surface area contributed by atoms with Gasteiger partial charge in [-0.05, 0) is 30.7 Å². The van der Waals surface area contributed by atoms with E-state index in [1.54, 1.807) is 7.11 Å². The molecule has 1 rings (SSSR count). The molecule has 0 amide bonds. The van der Waals surface area contributed by atoms with Crippen molar-refractivity contribution in [1.82, 2.24) is 5.32 Å². The number of benzene rings is 1. The first-order chi connectivity index (χ1) is 8.67. The normalized spacial score (nSPS) is 10.2. The van der Waals surface area contributed by atoms with E-state index in [9.17, 15) is 0 Å². The molecule has 0 aliphatic heterocycles. The average molecular weight is 270 g/mol. The van der Waals surface area contributed by atoms with Gasteiger partial charge in [0.2, 0.25) is 0 Å². The second-order valence-corrected chi connectivity index (χ2v) is 4.50. The van der Waals surface area contributed by atoms with Gasteiger partial charge in [-0.3, -0.25) is 0 Å². The van der Waals surface area contributed by atoms with Gasteiger partial charge >= 0.3 is 0 Å². The monoisotopic (exact) mass is 269 g/mol. The predicted molar refractivity (Wildman–Crippen MR) is 75.5 cm³/mol. The van der Waals surface area contributed by atoms with Gasteiger partial charge in [0.1, 0.15) is 6.61 Å². The van der Waals surface area contributed by atoms with Crippen LogP contribution in [0.15, 0.2) is 29.8 Å². The molecule has 0 radical (unpaired) electrons. The van der Waals surface area contributed by atoms with Crippen LogP contribution < -0.4 is 14.8 Å². The van der Waals surface area contributed by atoms with Crippen LogP contribution in [0.2, 0.25) is 0 Å². The van der Waals surface area contributed by atoms with Crippen LogP contribution in [0.25, 0.3) is 0 Å². The highest BCUT2D eigenvalue weighted by Gasteiger charge is 2.06. The Morgan fingerprint density at radius 3 is 2.78 bits per heavy atom. The van der Waals surface area contributed by atoms with Crippen LogP contribution in [0.3, 0.4) is 0 Å². The molecule has 0 fully saturated rings. The maximum absolute atomic E-state index is 5.67. The minimum Gasteiger partial charge on any atom is -0.493 e. The Morgan fingerprint density at radius 2 is 2.17 bits per heavy atom. The molecule has 3 nitrogen and oxygen atoms in total. The smallest absolute Gasteiger partial charge is 0.161 e. The second kappa shape index (κ2) is 8.01. The van der Waals surface area contributed by atoms with Crippen LogP contribution in [0.1, 0.15) is 18.9 Å². The summed E-state index contributed by atoms with van der Waals surface area (Å²) in [6, 6.07) is 5.87. The molecule has 0 saturated heterocycles. The summed E-state index contributed by atoms with van der Waals surface area (Å²) < 4.78 is 10.8. The quantitative estimate of drug-likeness (QED) is 0.735. The first kappa shape index (κ1) is 14.9. The summed E-state index contributed by atoms with van der Waals surface area (Å²) in [4.78, 5) is 0. The molecular formula is C14H20ClNO2. The Balaban J connectivity index is 2.67. The first-order valence-corrected chi connectivity index (χ1v) is 6.39. The summed E-state index contributed by atoms with van der Waals surface area (Å²) >= 11 is 5.67. The van der Waals surface area contributed by atoms with Crippen molar-refractivity contribution in [3.05, 3.63) is 35.4 Å². The molecule has 0 bridgehead atoms. The second-order valence-electron chi connectivity index (χ2n) is 3.97. The maximum Gasteiger partial charge on any atom is 0.161 e. The van der Waals surface area contributed by atoms with Crippen molar-refractivity contribution in [2.75, 3.05) is 20.3 Å². The minimum absolute atomic E-state index is 0.283. The molecule has 1 aromatic rings. The number of halogens is 1. The third kappa shape index (κ3) is 4.98. The van der Waals surface area contributed by atoms with Crippen LogP contribution >= 0.6 is 11.6 Å². The van der Waals surface area contributed by atoms with E-state index < -0.39 is 0 Å². The molecule has 0 aliphatic rings. The molecule has 0 heterocycles. The van der Waals surface area contributed by atoms with Gasteiger partial charge < -0.3 is 14.8 Å². The van der Waals surface area contributed by atoms with Crippen LogP contribution in [0.4, 0.5) is 0 Å². The van der Waals surface area contributed by atoms with E-state index in [1.165, 1.54) is 0 Å². The topological polar surface area (TPSA) is 30.5 Å². The predicted octanol–water partition coefficient (Wildman–Crippen LogP) is 3.33. The van der Waals surface area contributed by atoms with Gasteiger partial charge in [-0.15, -0.1) is 0 Å². The van der Waals surface area contributed by atoms with E-state index in [0.717, 1.165) is 25.1 Å². The highest BCUT2D eigenvalue weighted by Crippen LogP contribution is 2.28. The van der Waals surface area contributed by atoms with Crippen molar-refractivity contribution in [1.29, 1.82) is 0 Å². The number of ether oxygens (including phenoxy) is 2. The molecule has 100 valence electrons. The van der Waals surface area contributed by atoms with Gasteiger partial charge in [0.15, 0.2) is 11.5 Å². The summed E-state index contributed by atoms with van der Waals surface area (Å²) in [7, 11) is 1.63. The molecule has 0 atom stereocenters. The van der Waals surface area contributed by atoms with Crippen LogP contribution in [-0.4, -0.2) is 20.3 Å². The van der Waals surface area contributed by atoms with Gasteiger partial charge in [-0.2, -0.15) is 0 Å². The van der Waals surface area contributed by atoms with Gasteiger partial charge in [-0.1, -0.05) is 31.2 Å². The van der Waals surface area contributed by atoms with E-state index in [1.807, 2.05) is 18.2 Å². The van der Waals surface area contributed by atoms with Gasteiger partial charge in [0.05, 0.1) is 7.11 Å². The Kier molecular flexibility index (Phi) is 6.61. The lowest BCUT2D eigenvalue weighted by atomic mass is 10.2. The van der Waals surface area contributed by atoms with Gasteiger partial charge in [0, 0.05) is 11.6 Å². The van der Waals surface area contributed by atoms with Crippen LogP contribution in [0, 0.1) is 0 Å². The van der Waals surface area contributed by atoms with E-state index >= 15 is 0 Å². The molecule has 1 N–H and O–H groups in total. The van der Waals surface area contributed by atoms with Crippen molar-refractivity contribution in [2.24, 2.45) is 0 Å². The highest BCUT2D eigenvalue weighted by molar-refractivity contribution is 6.29. The van der Waals surface area contributed by atoms with E-state index in [4.69, 9.17) is 21.1 Å². The zero-order valence-electron chi connectivity index (χ0n) is 11.0. The zero-order valence-corrected chi connectivity index (χ0v) is 11.7. The van der Waals surface area contributed by atoms with E-state index in [2.05, 4.69) is 18.8 Å². The number of hydrogen-bond donors (Lipinski definition) is 1. The Hall–Kier alpha value is -1.19. The van der Waals surface area contributed by atoms with Gasteiger partial charge in [-0.25, -0.2) is 0 Å². The molecule has 0 spiro atoms. The fraction of sp³-hybridized carbons (Fsp3) is 0.429. The third-order valence-electron chi connectivity index (χ3n) is 2.37. The summed E-state index contributed by atoms with van der Waals surface area (Å²) in [5, 5.41) is 3.80. The number of rotatable bonds is 8. The minimum atomic E-state index is 0.283. The molecule has 0 saturated carbocycles. The van der Waals surface area contributed by atoms with Crippen molar-refractivity contribution in [3.8, 4) is 11.5 Å². The Morgan fingerprint density at radius 1 is 1.39 bits per heavy atom. The molecule has 0 aliphatic carbocycles. The number of methoxy groups -OCH3 is 1. The van der Waals surface area contributed by atoms with E-state index in [-0.39, 0.29) is 6.61 Å². The van der Waals surface area contributed by atoms with Crippen molar-refractivity contribution < 1.29 is 9.47 Å². The highest BCUT2D eigenvalue weighted by atomic mass is 35.5. The van der Waals surface area contributed by atoms with Crippen molar-refractivity contribution in [3.63, 3.8) is 0 Å². The molecule has 4 heteroatoms. The molecule has 0 unspecified atom stereocenters. The summed E-state index contributed by atoms with van der Waals surface area (Å²) in [5.74, 6) is 1.39. The van der Waals surface area contributed by atoms with Crippen LogP contribution in [-0.2, 0) is 6.54 Å². The number of nitrogens with one attached hydrogen (secondary N) is 1. The molecular weight excluding hydrogens is 250 g/mol. The van der Waals surface area contributed by atoms with Crippen molar-refractivity contribution in [2.45, 2.75) is 19.9 Å². The van der Waals surface area contributed by atoms with Crippen LogP contribution in [0.5, 0.6) is 11.5 Å². The van der Waals surface area contributed by atoms with Gasteiger partial charge in [0.25, 0.3) is 0 Å². The fourth-order valence-electron chi connectivity index (χ4n) is 1.51. The largest absolute Gasteiger partial charge is 0.493 e. The summed E-state index contributed by atoms with van der Waals surface area (Å²) in [5.41, 5.74) is 1.16. The maximum atomic E-state index is 5.67. The molecule has 18 heavy (non-hydrogen) atoms.